The van der Waals surface area contributed by atoms with Crippen molar-refractivity contribution in [1.82, 2.24) is 5.32 Å². The highest BCUT2D eigenvalue weighted by Gasteiger charge is 2.25. The highest BCUT2D eigenvalue weighted by molar-refractivity contribution is 6.30. The zero-order valence-corrected chi connectivity index (χ0v) is 12.4. The van der Waals surface area contributed by atoms with E-state index in [4.69, 9.17) is 16.3 Å². The van der Waals surface area contributed by atoms with E-state index >= 15 is 0 Å². The van der Waals surface area contributed by atoms with Gasteiger partial charge in [0, 0.05) is 11.1 Å². The molecular weight excluding hydrogens is 270 g/mol. The smallest absolute Gasteiger partial charge is 0.119 e. The fourth-order valence-corrected chi connectivity index (χ4v) is 3.06. The Morgan fingerprint density at radius 3 is 2.85 bits per heavy atom. The van der Waals surface area contributed by atoms with Gasteiger partial charge in [-0.3, -0.25) is 0 Å². The Labute approximate surface area is 124 Å². The van der Waals surface area contributed by atoms with Crippen LogP contribution in [0.25, 0.3) is 0 Å². The number of hydrogen-bond donors (Lipinski definition) is 1. The second kappa shape index (κ2) is 5.47. The van der Waals surface area contributed by atoms with Crippen molar-refractivity contribution in [2.45, 2.75) is 25.4 Å². The number of benzene rings is 2. The summed E-state index contributed by atoms with van der Waals surface area (Å²) in [6, 6.07) is 15.0. The van der Waals surface area contributed by atoms with E-state index in [1.807, 2.05) is 18.2 Å². The van der Waals surface area contributed by atoms with Crippen LogP contribution in [0.5, 0.6) is 5.75 Å². The van der Waals surface area contributed by atoms with Gasteiger partial charge in [-0.15, -0.1) is 0 Å². The molecule has 0 amide bonds. The fourth-order valence-electron chi connectivity index (χ4n) is 2.88. The maximum atomic E-state index is 6.17. The van der Waals surface area contributed by atoms with Crippen molar-refractivity contribution in [3.05, 3.63) is 64.2 Å². The van der Waals surface area contributed by atoms with Crippen molar-refractivity contribution >= 4 is 11.6 Å². The van der Waals surface area contributed by atoms with Crippen molar-refractivity contribution in [1.29, 1.82) is 0 Å². The second-order valence-electron chi connectivity index (χ2n) is 5.32. The molecular formula is C17H18ClNO. The summed E-state index contributed by atoms with van der Waals surface area (Å²) >= 11 is 6.17. The Kier molecular flexibility index (Phi) is 3.68. The van der Waals surface area contributed by atoms with Crippen molar-refractivity contribution in [2.24, 2.45) is 0 Å². The predicted molar refractivity (Wildman–Crippen MR) is 82.6 cm³/mol. The van der Waals surface area contributed by atoms with E-state index in [2.05, 4.69) is 36.5 Å². The lowest BCUT2D eigenvalue weighted by Crippen LogP contribution is -2.37. The van der Waals surface area contributed by atoms with Crippen LogP contribution in [0.2, 0.25) is 5.02 Å². The van der Waals surface area contributed by atoms with Crippen LogP contribution in [0.15, 0.2) is 42.5 Å². The van der Waals surface area contributed by atoms with Crippen LogP contribution < -0.4 is 10.1 Å². The highest BCUT2D eigenvalue weighted by Crippen LogP contribution is 2.33. The Morgan fingerprint density at radius 2 is 2.05 bits per heavy atom. The third kappa shape index (κ3) is 2.54. The van der Waals surface area contributed by atoms with Crippen molar-refractivity contribution < 1.29 is 4.74 Å². The first kappa shape index (κ1) is 13.5. The molecule has 0 spiro atoms. The van der Waals surface area contributed by atoms with Gasteiger partial charge in [0.25, 0.3) is 0 Å². The summed E-state index contributed by atoms with van der Waals surface area (Å²) in [6.07, 6.45) is 1.03. The van der Waals surface area contributed by atoms with Gasteiger partial charge in [0.15, 0.2) is 0 Å². The van der Waals surface area contributed by atoms with Crippen LogP contribution in [0, 0.1) is 0 Å². The zero-order valence-electron chi connectivity index (χ0n) is 11.7. The normalized spacial score (nSPS) is 21.4. The van der Waals surface area contributed by atoms with E-state index in [0.29, 0.717) is 6.04 Å². The Morgan fingerprint density at radius 1 is 1.20 bits per heavy atom. The average Bonchev–Trinajstić information content (AvgIpc) is 2.47. The first-order valence-corrected chi connectivity index (χ1v) is 7.23. The van der Waals surface area contributed by atoms with E-state index in [9.17, 15) is 0 Å². The molecule has 0 aliphatic carbocycles. The summed E-state index contributed by atoms with van der Waals surface area (Å²) in [5, 5.41) is 4.44. The van der Waals surface area contributed by atoms with Gasteiger partial charge in [-0.25, -0.2) is 0 Å². The largest absolute Gasteiger partial charge is 0.497 e. The van der Waals surface area contributed by atoms with Crippen molar-refractivity contribution in [2.75, 3.05) is 7.11 Å². The fraction of sp³-hybridized carbons (Fsp3) is 0.294. The molecule has 3 heteroatoms. The van der Waals surface area contributed by atoms with E-state index < -0.39 is 0 Å². The molecule has 104 valence electrons. The van der Waals surface area contributed by atoms with E-state index in [1.54, 1.807) is 7.11 Å². The van der Waals surface area contributed by atoms with Crippen LogP contribution in [-0.2, 0) is 6.42 Å². The summed E-state index contributed by atoms with van der Waals surface area (Å²) in [7, 11) is 1.70. The molecule has 2 unspecified atom stereocenters. The molecule has 1 aliphatic heterocycles. The summed E-state index contributed by atoms with van der Waals surface area (Å²) < 4.78 is 5.33. The standard InChI is InChI=1S/C17H18ClNO/c1-11-8-12-6-7-14(18)10-16(12)17(19-11)13-4-3-5-15(9-13)20-2/h3-7,9-11,17,19H,8H2,1-2H3. The number of halogens is 1. The third-order valence-electron chi connectivity index (χ3n) is 3.82. The molecule has 0 radical (unpaired) electrons. The SMILES string of the molecule is COc1cccc(C2NC(C)Cc3ccc(Cl)cc32)c1. The van der Waals surface area contributed by atoms with E-state index in [0.717, 1.165) is 17.2 Å². The molecule has 1 aliphatic rings. The minimum Gasteiger partial charge on any atom is -0.497 e. The summed E-state index contributed by atoms with van der Waals surface area (Å²) in [5.74, 6) is 0.881. The number of nitrogens with one attached hydrogen (secondary N) is 1. The minimum absolute atomic E-state index is 0.169. The predicted octanol–water partition coefficient (Wildman–Crippen LogP) is 3.97. The maximum absolute atomic E-state index is 6.17. The van der Waals surface area contributed by atoms with Crippen molar-refractivity contribution in [3.63, 3.8) is 0 Å². The van der Waals surface area contributed by atoms with E-state index in [-0.39, 0.29) is 6.04 Å². The lowest BCUT2D eigenvalue weighted by Gasteiger charge is -2.32. The Hall–Kier alpha value is -1.51. The van der Waals surface area contributed by atoms with Crippen LogP contribution in [0.1, 0.15) is 29.7 Å². The molecule has 0 aromatic heterocycles. The molecule has 0 saturated heterocycles. The molecule has 0 saturated carbocycles. The van der Waals surface area contributed by atoms with Gasteiger partial charge in [0.05, 0.1) is 13.2 Å². The van der Waals surface area contributed by atoms with Gasteiger partial charge in [0.1, 0.15) is 5.75 Å². The topological polar surface area (TPSA) is 21.3 Å². The lowest BCUT2D eigenvalue weighted by atomic mass is 9.87. The first-order chi connectivity index (χ1) is 9.67. The number of methoxy groups -OCH3 is 1. The summed E-state index contributed by atoms with van der Waals surface area (Å²) in [4.78, 5) is 0. The van der Waals surface area contributed by atoms with Gasteiger partial charge < -0.3 is 10.1 Å². The first-order valence-electron chi connectivity index (χ1n) is 6.85. The Bertz CT molecular complexity index is 626. The van der Waals surface area contributed by atoms with Crippen LogP contribution in [-0.4, -0.2) is 13.2 Å². The van der Waals surface area contributed by atoms with Gasteiger partial charge in [-0.1, -0.05) is 29.8 Å². The zero-order chi connectivity index (χ0) is 14.1. The molecule has 0 bridgehead atoms. The highest BCUT2D eigenvalue weighted by atomic mass is 35.5. The average molecular weight is 288 g/mol. The third-order valence-corrected chi connectivity index (χ3v) is 4.06. The van der Waals surface area contributed by atoms with Gasteiger partial charge in [-0.2, -0.15) is 0 Å². The molecule has 2 aromatic rings. The minimum atomic E-state index is 0.169. The van der Waals surface area contributed by atoms with E-state index in [1.165, 1.54) is 16.7 Å². The second-order valence-corrected chi connectivity index (χ2v) is 5.76. The molecule has 1 heterocycles. The quantitative estimate of drug-likeness (QED) is 0.902. The van der Waals surface area contributed by atoms with Gasteiger partial charge >= 0.3 is 0 Å². The van der Waals surface area contributed by atoms with Gasteiger partial charge in [0.2, 0.25) is 0 Å². The number of hydrogen-bond acceptors (Lipinski definition) is 2. The lowest BCUT2D eigenvalue weighted by molar-refractivity contribution is 0.412. The van der Waals surface area contributed by atoms with Crippen molar-refractivity contribution in [3.8, 4) is 5.75 Å². The molecule has 20 heavy (non-hydrogen) atoms. The number of rotatable bonds is 2. The molecule has 2 atom stereocenters. The van der Waals surface area contributed by atoms with Gasteiger partial charge in [-0.05, 0) is 54.3 Å². The van der Waals surface area contributed by atoms with Crippen LogP contribution in [0.4, 0.5) is 0 Å². The molecule has 0 fully saturated rings. The number of fused-ring (bicyclic) bond motifs is 1. The monoisotopic (exact) mass is 287 g/mol. The summed E-state index contributed by atoms with van der Waals surface area (Å²) in [6.45, 7) is 2.21. The maximum Gasteiger partial charge on any atom is 0.119 e. The molecule has 2 aromatic carbocycles. The molecule has 3 rings (SSSR count). The molecule has 1 N–H and O–H groups in total. The summed E-state index contributed by atoms with van der Waals surface area (Å²) in [5.41, 5.74) is 3.84. The Balaban J connectivity index is 2.07. The van der Waals surface area contributed by atoms with Crippen LogP contribution in [0.3, 0.4) is 0 Å². The molecule has 2 nitrogen and oxygen atoms in total. The van der Waals surface area contributed by atoms with Crippen LogP contribution >= 0.6 is 11.6 Å². The number of ether oxygens (including phenoxy) is 1.